The smallest absolute Gasteiger partial charge is 0.228 e. The summed E-state index contributed by atoms with van der Waals surface area (Å²) in [5.74, 6) is 1.29. The highest BCUT2D eigenvalue weighted by molar-refractivity contribution is 7.80. The van der Waals surface area contributed by atoms with E-state index in [0.717, 1.165) is 22.6 Å². The molecular weight excluding hydrogens is 294 g/mol. The number of hydrogen-bond acceptors (Lipinski definition) is 3. The predicted octanol–water partition coefficient (Wildman–Crippen LogP) is 3.43. The molecule has 0 saturated carbocycles. The molecule has 0 fully saturated rings. The van der Waals surface area contributed by atoms with Crippen LogP contribution in [-0.4, -0.2) is 14.8 Å². The van der Waals surface area contributed by atoms with E-state index in [0.29, 0.717) is 16.5 Å². The predicted molar refractivity (Wildman–Crippen MR) is 84.8 cm³/mol. The van der Waals surface area contributed by atoms with Gasteiger partial charge in [-0.3, -0.25) is 0 Å². The number of rotatable bonds is 3. The highest BCUT2D eigenvalue weighted by Crippen LogP contribution is 2.33. The van der Waals surface area contributed by atoms with Crippen LogP contribution >= 0.6 is 23.8 Å². The minimum absolute atomic E-state index is 0.273. The van der Waals surface area contributed by atoms with Gasteiger partial charge in [0.2, 0.25) is 5.88 Å². The Morgan fingerprint density at radius 3 is 2.35 bits per heavy atom. The normalized spacial score (nSPS) is 10.7. The van der Waals surface area contributed by atoms with E-state index < -0.39 is 0 Å². The maximum absolute atomic E-state index is 6.03. The zero-order valence-corrected chi connectivity index (χ0v) is 13.4. The summed E-state index contributed by atoms with van der Waals surface area (Å²) in [7, 11) is 1.80. The van der Waals surface area contributed by atoms with Gasteiger partial charge in [0.25, 0.3) is 0 Å². The van der Waals surface area contributed by atoms with Crippen molar-refractivity contribution in [3.63, 3.8) is 0 Å². The molecule has 0 aliphatic carbocycles. The Hall–Kier alpha value is -1.59. The van der Waals surface area contributed by atoms with Crippen LogP contribution in [0, 0.1) is 20.8 Å². The lowest BCUT2D eigenvalue weighted by Crippen LogP contribution is -2.12. The lowest BCUT2D eigenvalue weighted by molar-refractivity contribution is 0.424. The summed E-state index contributed by atoms with van der Waals surface area (Å²) in [6, 6.07) is 3.71. The van der Waals surface area contributed by atoms with Crippen LogP contribution in [0.25, 0.3) is 0 Å². The first kappa shape index (κ1) is 14.8. The molecule has 0 amide bonds. The SMILES string of the molecule is Cc1cc(Cl)cc(C)c1Oc1c(C(N)=S)c(C)nn1C. The molecule has 0 spiro atoms. The molecule has 2 aromatic rings. The Kier molecular flexibility index (Phi) is 4.01. The summed E-state index contributed by atoms with van der Waals surface area (Å²) < 4.78 is 7.65. The van der Waals surface area contributed by atoms with Gasteiger partial charge in [0, 0.05) is 12.1 Å². The van der Waals surface area contributed by atoms with Crippen molar-refractivity contribution in [1.82, 2.24) is 9.78 Å². The Morgan fingerprint density at radius 1 is 1.30 bits per heavy atom. The van der Waals surface area contributed by atoms with Crippen molar-refractivity contribution in [2.45, 2.75) is 20.8 Å². The van der Waals surface area contributed by atoms with Gasteiger partial charge in [0.05, 0.1) is 11.3 Å². The molecule has 2 N–H and O–H groups in total. The van der Waals surface area contributed by atoms with Crippen molar-refractivity contribution in [1.29, 1.82) is 0 Å². The third-order valence-electron chi connectivity index (χ3n) is 3.04. The minimum Gasteiger partial charge on any atom is -0.438 e. The van der Waals surface area contributed by atoms with Gasteiger partial charge in [0.15, 0.2) is 0 Å². The summed E-state index contributed by atoms with van der Waals surface area (Å²) in [5, 5.41) is 4.99. The van der Waals surface area contributed by atoms with E-state index in [-0.39, 0.29) is 4.99 Å². The fraction of sp³-hybridized carbons (Fsp3) is 0.286. The van der Waals surface area contributed by atoms with E-state index in [9.17, 15) is 0 Å². The zero-order chi connectivity index (χ0) is 15.0. The number of thiocarbonyl (C=S) groups is 1. The number of ether oxygens (including phenoxy) is 1. The van der Waals surface area contributed by atoms with E-state index in [2.05, 4.69) is 5.10 Å². The second kappa shape index (κ2) is 5.42. The average Bonchev–Trinajstić information content (AvgIpc) is 2.58. The van der Waals surface area contributed by atoms with Gasteiger partial charge in [0.1, 0.15) is 10.7 Å². The number of nitrogens with zero attached hydrogens (tertiary/aromatic N) is 2. The largest absolute Gasteiger partial charge is 0.438 e. The zero-order valence-electron chi connectivity index (χ0n) is 11.8. The van der Waals surface area contributed by atoms with Gasteiger partial charge in [-0.15, -0.1) is 0 Å². The Bertz CT molecular complexity index is 671. The van der Waals surface area contributed by atoms with Crippen molar-refractivity contribution < 1.29 is 4.74 Å². The Balaban J connectivity index is 2.54. The third kappa shape index (κ3) is 2.64. The number of halogens is 1. The van der Waals surface area contributed by atoms with Crippen molar-refractivity contribution in [2.24, 2.45) is 12.8 Å². The second-order valence-electron chi connectivity index (χ2n) is 4.72. The van der Waals surface area contributed by atoms with Crippen LogP contribution in [0.15, 0.2) is 12.1 Å². The van der Waals surface area contributed by atoms with Gasteiger partial charge in [-0.1, -0.05) is 23.8 Å². The standard InChI is InChI=1S/C14H16ClN3OS/c1-7-5-10(15)6-8(2)12(7)19-14-11(13(16)20)9(3)17-18(14)4/h5-6H,1-4H3,(H2,16,20). The number of benzene rings is 1. The molecule has 1 aromatic heterocycles. The molecule has 0 saturated heterocycles. The minimum atomic E-state index is 0.273. The van der Waals surface area contributed by atoms with E-state index in [1.54, 1.807) is 11.7 Å². The summed E-state index contributed by atoms with van der Waals surface area (Å²) >= 11 is 11.1. The van der Waals surface area contributed by atoms with E-state index in [4.69, 9.17) is 34.3 Å². The maximum atomic E-state index is 6.03. The lowest BCUT2D eigenvalue weighted by Gasteiger charge is -2.13. The molecule has 0 aliphatic rings. The van der Waals surface area contributed by atoms with E-state index in [1.807, 2.05) is 32.9 Å². The number of aryl methyl sites for hydroxylation is 4. The van der Waals surface area contributed by atoms with E-state index in [1.165, 1.54) is 0 Å². The van der Waals surface area contributed by atoms with Gasteiger partial charge < -0.3 is 10.5 Å². The van der Waals surface area contributed by atoms with Crippen LogP contribution in [0.4, 0.5) is 0 Å². The van der Waals surface area contributed by atoms with Crippen molar-refractivity contribution in [3.05, 3.63) is 39.5 Å². The third-order valence-corrected chi connectivity index (χ3v) is 3.46. The van der Waals surface area contributed by atoms with Crippen LogP contribution < -0.4 is 10.5 Å². The fourth-order valence-electron chi connectivity index (χ4n) is 2.19. The first-order valence-corrected chi connectivity index (χ1v) is 6.88. The van der Waals surface area contributed by atoms with Crippen molar-refractivity contribution >= 4 is 28.8 Å². The van der Waals surface area contributed by atoms with E-state index >= 15 is 0 Å². The summed E-state index contributed by atoms with van der Waals surface area (Å²) in [4.78, 5) is 0.273. The highest BCUT2D eigenvalue weighted by atomic mass is 35.5. The van der Waals surface area contributed by atoms with Gasteiger partial charge >= 0.3 is 0 Å². The van der Waals surface area contributed by atoms with Crippen LogP contribution in [-0.2, 0) is 7.05 Å². The van der Waals surface area contributed by atoms with Gasteiger partial charge in [-0.25, -0.2) is 4.68 Å². The molecule has 4 nitrogen and oxygen atoms in total. The quantitative estimate of drug-likeness (QED) is 0.883. The molecule has 0 unspecified atom stereocenters. The molecule has 6 heteroatoms. The molecule has 0 aliphatic heterocycles. The fourth-order valence-corrected chi connectivity index (χ4v) is 2.76. The topological polar surface area (TPSA) is 53.1 Å². The average molecular weight is 310 g/mol. The monoisotopic (exact) mass is 309 g/mol. The lowest BCUT2D eigenvalue weighted by atomic mass is 10.1. The first-order valence-electron chi connectivity index (χ1n) is 6.09. The number of nitrogens with two attached hydrogens (primary N) is 1. The molecular formula is C14H16ClN3OS. The Labute approximate surface area is 128 Å². The van der Waals surface area contributed by atoms with Gasteiger partial charge in [-0.05, 0) is 44.0 Å². The van der Waals surface area contributed by atoms with Crippen LogP contribution in [0.5, 0.6) is 11.6 Å². The molecule has 106 valence electrons. The molecule has 0 radical (unpaired) electrons. The number of aromatic nitrogens is 2. The van der Waals surface area contributed by atoms with Crippen LogP contribution in [0.1, 0.15) is 22.4 Å². The highest BCUT2D eigenvalue weighted by Gasteiger charge is 2.19. The molecule has 20 heavy (non-hydrogen) atoms. The molecule has 1 aromatic carbocycles. The molecule has 0 bridgehead atoms. The van der Waals surface area contributed by atoms with Crippen molar-refractivity contribution in [2.75, 3.05) is 0 Å². The summed E-state index contributed by atoms with van der Waals surface area (Å²) in [6.07, 6.45) is 0. The summed E-state index contributed by atoms with van der Waals surface area (Å²) in [6.45, 7) is 5.73. The van der Waals surface area contributed by atoms with Crippen molar-refractivity contribution in [3.8, 4) is 11.6 Å². The molecule has 2 rings (SSSR count). The number of hydrogen-bond donors (Lipinski definition) is 1. The molecule has 0 atom stereocenters. The maximum Gasteiger partial charge on any atom is 0.228 e. The molecule has 1 heterocycles. The second-order valence-corrected chi connectivity index (χ2v) is 5.60. The first-order chi connectivity index (χ1) is 9.31. The van der Waals surface area contributed by atoms with Gasteiger partial charge in [-0.2, -0.15) is 5.10 Å². The summed E-state index contributed by atoms with van der Waals surface area (Å²) in [5.41, 5.74) is 9.07. The Morgan fingerprint density at radius 2 is 1.85 bits per heavy atom. The van der Waals surface area contributed by atoms with Crippen LogP contribution in [0.2, 0.25) is 5.02 Å². The van der Waals surface area contributed by atoms with Crippen LogP contribution in [0.3, 0.4) is 0 Å².